The van der Waals surface area contributed by atoms with E-state index in [9.17, 15) is 33.9 Å². The van der Waals surface area contributed by atoms with Crippen LogP contribution in [0.4, 0.5) is 0 Å². The number of rotatable bonds is 15. The minimum absolute atomic E-state index is 0.231. The van der Waals surface area contributed by atoms with Gasteiger partial charge in [-0.2, -0.15) is 0 Å². The molecule has 0 heterocycles. The summed E-state index contributed by atoms with van der Waals surface area (Å²) in [7, 11) is 0. The van der Waals surface area contributed by atoms with Gasteiger partial charge in [0.2, 0.25) is 29.5 Å². The Morgan fingerprint density at radius 3 is 1.79 bits per heavy atom. The molecule has 0 aliphatic rings. The number of carboxylic acid groups (broad SMARTS) is 1. The number of nitrogens with one attached hydrogen (secondary N) is 3. The summed E-state index contributed by atoms with van der Waals surface area (Å²) >= 11 is 0. The molecule has 10 N–H and O–H groups in total. The standard InChI is InChI=1S/C20H36N6O7/c1-5-10(4)16(19(31)24-11(20(32)33)6-7-13(21)27)26-17(29)12(8-14(22)28)25-18(30)15(23)9(2)3/h9-12,15-16H,5-8,23H2,1-4H3,(H2,21,27)(H2,22,28)(H,24,31)(H,25,30)(H,26,29)(H,32,33)/t10-,11-,12-,15-,16-/m0/s1. The van der Waals surface area contributed by atoms with Crippen molar-refractivity contribution in [3.05, 3.63) is 0 Å². The van der Waals surface area contributed by atoms with Gasteiger partial charge in [-0.25, -0.2) is 4.79 Å². The van der Waals surface area contributed by atoms with Crippen LogP contribution in [0.3, 0.4) is 0 Å². The fourth-order valence-corrected chi connectivity index (χ4v) is 2.74. The highest BCUT2D eigenvalue weighted by Gasteiger charge is 2.33. The van der Waals surface area contributed by atoms with Crippen molar-refractivity contribution in [2.75, 3.05) is 0 Å². The minimum Gasteiger partial charge on any atom is -0.480 e. The molecule has 13 heteroatoms. The van der Waals surface area contributed by atoms with Gasteiger partial charge >= 0.3 is 5.97 Å². The Morgan fingerprint density at radius 1 is 0.818 bits per heavy atom. The van der Waals surface area contributed by atoms with Crippen molar-refractivity contribution in [3.8, 4) is 0 Å². The van der Waals surface area contributed by atoms with Gasteiger partial charge in [-0.15, -0.1) is 0 Å². The van der Waals surface area contributed by atoms with E-state index in [0.717, 1.165) is 0 Å². The molecule has 0 aromatic carbocycles. The average Bonchev–Trinajstić information content (AvgIpc) is 2.71. The molecule has 5 atom stereocenters. The monoisotopic (exact) mass is 472 g/mol. The van der Waals surface area contributed by atoms with Gasteiger partial charge in [-0.1, -0.05) is 34.1 Å². The van der Waals surface area contributed by atoms with E-state index in [1.807, 2.05) is 0 Å². The van der Waals surface area contributed by atoms with Crippen LogP contribution in [-0.4, -0.2) is 64.8 Å². The molecule has 0 aliphatic heterocycles. The molecule has 0 unspecified atom stereocenters. The summed E-state index contributed by atoms with van der Waals surface area (Å²) in [4.78, 5) is 71.8. The lowest BCUT2D eigenvalue weighted by Crippen LogP contribution is -2.59. The summed E-state index contributed by atoms with van der Waals surface area (Å²) in [5.74, 6) is -5.99. The first-order chi connectivity index (χ1) is 15.2. The molecule has 0 spiro atoms. The van der Waals surface area contributed by atoms with E-state index in [1.54, 1.807) is 27.7 Å². The Balaban J connectivity index is 5.59. The van der Waals surface area contributed by atoms with Crippen LogP contribution in [0.5, 0.6) is 0 Å². The zero-order valence-electron chi connectivity index (χ0n) is 19.4. The second-order valence-electron chi connectivity index (χ2n) is 8.28. The third-order valence-electron chi connectivity index (χ3n) is 5.15. The maximum atomic E-state index is 12.8. The molecule has 0 bridgehead atoms. The number of primary amides is 2. The first-order valence-corrected chi connectivity index (χ1v) is 10.7. The van der Waals surface area contributed by atoms with Crippen LogP contribution in [-0.2, 0) is 28.8 Å². The highest BCUT2D eigenvalue weighted by molar-refractivity contribution is 5.96. The maximum Gasteiger partial charge on any atom is 0.326 e. The third-order valence-corrected chi connectivity index (χ3v) is 5.15. The van der Waals surface area contributed by atoms with Gasteiger partial charge < -0.3 is 38.3 Å². The van der Waals surface area contributed by atoms with Gasteiger partial charge in [0.05, 0.1) is 12.5 Å². The average molecular weight is 473 g/mol. The third kappa shape index (κ3) is 10.8. The predicted octanol–water partition coefficient (Wildman–Crippen LogP) is -2.30. The predicted molar refractivity (Wildman–Crippen MR) is 118 cm³/mol. The van der Waals surface area contributed by atoms with E-state index in [4.69, 9.17) is 17.2 Å². The summed E-state index contributed by atoms with van der Waals surface area (Å²) in [6.07, 6.45) is -0.596. The molecule has 0 saturated heterocycles. The van der Waals surface area contributed by atoms with Crippen LogP contribution in [0.25, 0.3) is 0 Å². The molecular weight excluding hydrogens is 436 g/mol. The number of carboxylic acids is 1. The van der Waals surface area contributed by atoms with E-state index in [-0.39, 0.29) is 18.8 Å². The van der Waals surface area contributed by atoms with E-state index >= 15 is 0 Å². The van der Waals surface area contributed by atoms with Gasteiger partial charge in [0, 0.05) is 6.42 Å². The molecule has 0 aliphatic carbocycles. The summed E-state index contributed by atoms with van der Waals surface area (Å²) in [6, 6.07) is -4.92. The van der Waals surface area contributed by atoms with E-state index < -0.39 is 72.0 Å². The smallest absolute Gasteiger partial charge is 0.326 e. The number of carbonyl (C=O) groups excluding carboxylic acids is 5. The largest absolute Gasteiger partial charge is 0.480 e. The van der Waals surface area contributed by atoms with Crippen molar-refractivity contribution in [3.63, 3.8) is 0 Å². The summed E-state index contributed by atoms with van der Waals surface area (Å²) in [6.45, 7) is 6.81. The number of hydrogen-bond donors (Lipinski definition) is 7. The van der Waals surface area contributed by atoms with Crippen molar-refractivity contribution in [1.82, 2.24) is 16.0 Å². The van der Waals surface area contributed by atoms with Crippen LogP contribution in [0.2, 0.25) is 0 Å². The molecule has 33 heavy (non-hydrogen) atoms. The normalized spacial score (nSPS) is 15.5. The van der Waals surface area contributed by atoms with Crippen LogP contribution >= 0.6 is 0 Å². The number of hydrogen-bond acceptors (Lipinski definition) is 7. The lowest BCUT2D eigenvalue weighted by atomic mass is 9.96. The molecule has 0 fully saturated rings. The Bertz CT molecular complexity index is 742. The number of aliphatic carboxylic acids is 1. The Morgan fingerprint density at radius 2 is 1.36 bits per heavy atom. The Labute approximate surface area is 192 Å². The molecule has 13 nitrogen and oxygen atoms in total. The van der Waals surface area contributed by atoms with Crippen LogP contribution in [0.15, 0.2) is 0 Å². The zero-order valence-corrected chi connectivity index (χ0v) is 19.4. The topological polar surface area (TPSA) is 237 Å². The van der Waals surface area contributed by atoms with Gasteiger partial charge in [0.25, 0.3) is 0 Å². The molecular formula is C20H36N6O7. The highest BCUT2D eigenvalue weighted by atomic mass is 16.4. The molecule has 5 amide bonds. The van der Waals surface area contributed by atoms with E-state index in [0.29, 0.717) is 6.42 Å². The molecule has 0 rings (SSSR count). The quantitative estimate of drug-likeness (QED) is 0.136. The van der Waals surface area contributed by atoms with Crippen LogP contribution < -0.4 is 33.2 Å². The van der Waals surface area contributed by atoms with Gasteiger partial charge in [0.15, 0.2) is 0 Å². The van der Waals surface area contributed by atoms with E-state index in [2.05, 4.69) is 16.0 Å². The molecule has 188 valence electrons. The maximum absolute atomic E-state index is 12.8. The lowest BCUT2D eigenvalue weighted by molar-refractivity contribution is -0.143. The molecule has 0 aromatic heterocycles. The molecule has 0 saturated carbocycles. The number of nitrogens with two attached hydrogens (primary N) is 3. The van der Waals surface area contributed by atoms with Crippen LogP contribution in [0.1, 0.15) is 53.4 Å². The fourth-order valence-electron chi connectivity index (χ4n) is 2.74. The number of carbonyl (C=O) groups is 6. The van der Waals surface area contributed by atoms with E-state index in [1.165, 1.54) is 0 Å². The van der Waals surface area contributed by atoms with Crippen molar-refractivity contribution in [2.24, 2.45) is 29.0 Å². The summed E-state index contributed by atoms with van der Waals surface area (Å²) in [5, 5.41) is 16.4. The van der Waals surface area contributed by atoms with Gasteiger partial charge in [-0.3, -0.25) is 24.0 Å². The second-order valence-corrected chi connectivity index (χ2v) is 8.28. The van der Waals surface area contributed by atoms with Crippen molar-refractivity contribution in [1.29, 1.82) is 0 Å². The summed E-state index contributed by atoms with van der Waals surface area (Å²) in [5.41, 5.74) is 16.0. The fraction of sp³-hybridized carbons (Fsp3) is 0.700. The lowest BCUT2D eigenvalue weighted by Gasteiger charge is -2.28. The number of amides is 5. The SMILES string of the molecule is CC[C@H](C)[C@H](NC(=O)[C@H](CC(N)=O)NC(=O)[C@@H](N)C(C)C)C(=O)N[C@@H](CCC(N)=O)C(=O)O. The van der Waals surface area contributed by atoms with Crippen molar-refractivity contribution < 1.29 is 33.9 Å². The van der Waals surface area contributed by atoms with Crippen molar-refractivity contribution in [2.45, 2.75) is 77.5 Å². The first kappa shape index (κ1) is 29.8. The Kier molecular flexibility index (Phi) is 12.7. The summed E-state index contributed by atoms with van der Waals surface area (Å²) < 4.78 is 0. The van der Waals surface area contributed by atoms with Crippen LogP contribution in [0, 0.1) is 11.8 Å². The minimum atomic E-state index is -1.40. The van der Waals surface area contributed by atoms with Gasteiger partial charge in [-0.05, 0) is 18.3 Å². The second kappa shape index (κ2) is 14.0. The van der Waals surface area contributed by atoms with Gasteiger partial charge in [0.1, 0.15) is 18.1 Å². The molecule has 0 radical (unpaired) electrons. The first-order valence-electron chi connectivity index (χ1n) is 10.7. The molecule has 0 aromatic rings. The highest BCUT2D eigenvalue weighted by Crippen LogP contribution is 2.10. The van der Waals surface area contributed by atoms with Crippen molar-refractivity contribution >= 4 is 35.5 Å². The Hall–Kier alpha value is -3.22. The zero-order chi connectivity index (χ0) is 25.9.